The molecule has 0 aliphatic heterocycles. The van der Waals surface area contributed by atoms with Crippen molar-refractivity contribution >= 4 is 80.1 Å². The molecule has 0 bridgehead atoms. The number of ether oxygens (including phenoxy) is 2. The summed E-state index contributed by atoms with van der Waals surface area (Å²) in [7, 11) is 0. The zero-order valence-corrected chi connectivity index (χ0v) is 29.5. The molecule has 4 aromatic carbocycles. The van der Waals surface area contributed by atoms with Gasteiger partial charge in [0.1, 0.15) is 0 Å². The summed E-state index contributed by atoms with van der Waals surface area (Å²) in [6.45, 7) is 6.09. The number of carbonyl (C=O) groups is 2. The first kappa shape index (κ1) is 33.9. The number of nitrogens with one attached hydrogen (secondary N) is 3. The summed E-state index contributed by atoms with van der Waals surface area (Å²) >= 11 is 9.57. The molecule has 0 radical (unpaired) electrons. The minimum atomic E-state index is -0.356. The third kappa shape index (κ3) is 9.31. The number of anilines is 3. The van der Waals surface area contributed by atoms with Gasteiger partial charge in [0, 0.05) is 32.9 Å². The number of aromatic nitrogens is 1. The number of carbonyl (C=O) groups excluding carboxylic acids is 2. The molecule has 0 atom stereocenters. The standard InChI is InChI=1S/C35H31ClIN5O4S/c1-4-45-31-17-23(16-29(37)33(31)46-19-32(43)39-28-12-5-21(2)22(3)15-28)18-38-42-34(44)25-8-6-24(7-9-25)30-20-47-35(41-30)40-27-13-10-26(36)11-14-27/h5-18,20H,4,19H2,1-3H3,(H,39,43)(H,40,41)(H,42,44)/b38-18-. The van der Waals surface area contributed by atoms with Crippen LogP contribution in [0.4, 0.5) is 16.5 Å². The Morgan fingerprint density at radius 1 is 0.957 bits per heavy atom. The average molecular weight is 780 g/mol. The highest BCUT2D eigenvalue weighted by Gasteiger charge is 2.15. The second-order valence-electron chi connectivity index (χ2n) is 10.3. The topological polar surface area (TPSA) is 114 Å². The Bertz CT molecular complexity index is 1910. The molecule has 9 nitrogen and oxygen atoms in total. The van der Waals surface area contributed by atoms with Gasteiger partial charge in [0.05, 0.1) is 22.1 Å². The van der Waals surface area contributed by atoms with Crippen LogP contribution in [0, 0.1) is 17.4 Å². The van der Waals surface area contributed by atoms with Gasteiger partial charge in [-0.3, -0.25) is 9.59 Å². The van der Waals surface area contributed by atoms with Crippen LogP contribution >= 0.6 is 45.5 Å². The Balaban J connectivity index is 1.17. The highest BCUT2D eigenvalue weighted by molar-refractivity contribution is 14.1. The first-order chi connectivity index (χ1) is 22.7. The van der Waals surface area contributed by atoms with Crippen molar-refractivity contribution in [2.45, 2.75) is 20.8 Å². The molecule has 0 saturated heterocycles. The Labute approximate surface area is 295 Å². The van der Waals surface area contributed by atoms with E-state index in [0.29, 0.717) is 39.9 Å². The minimum Gasteiger partial charge on any atom is -0.490 e. The number of hydrogen-bond donors (Lipinski definition) is 3. The molecule has 12 heteroatoms. The Morgan fingerprint density at radius 3 is 2.43 bits per heavy atom. The zero-order valence-electron chi connectivity index (χ0n) is 25.8. The molecule has 0 aliphatic carbocycles. The number of thiazole rings is 1. The van der Waals surface area contributed by atoms with Crippen LogP contribution < -0.4 is 25.5 Å². The van der Waals surface area contributed by atoms with Crippen molar-refractivity contribution in [1.29, 1.82) is 0 Å². The molecular weight excluding hydrogens is 749 g/mol. The van der Waals surface area contributed by atoms with Crippen molar-refractivity contribution in [2.24, 2.45) is 5.10 Å². The summed E-state index contributed by atoms with van der Waals surface area (Å²) in [6.07, 6.45) is 1.53. The van der Waals surface area contributed by atoms with Gasteiger partial charge in [0.25, 0.3) is 11.8 Å². The summed E-state index contributed by atoms with van der Waals surface area (Å²) in [5, 5.41) is 13.6. The average Bonchev–Trinajstić information content (AvgIpc) is 3.52. The largest absolute Gasteiger partial charge is 0.490 e. The van der Waals surface area contributed by atoms with Crippen molar-refractivity contribution in [3.05, 3.63) is 115 Å². The van der Waals surface area contributed by atoms with E-state index in [2.05, 4.69) is 48.7 Å². The predicted molar refractivity (Wildman–Crippen MR) is 198 cm³/mol. The molecule has 1 aromatic heterocycles. The van der Waals surface area contributed by atoms with Crippen molar-refractivity contribution in [3.8, 4) is 22.8 Å². The molecule has 0 spiro atoms. The van der Waals surface area contributed by atoms with Crippen LogP contribution in [0.3, 0.4) is 0 Å². The van der Waals surface area contributed by atoms with Gasteiger partial charge in [0.15, 0.2) is 23.2 Å². The van der Waals surface area contributed by atoms with Crippen molar-refractivity contribution in [3.63, 3.8) is 0 Å². The molecular formula is C35H31ClIN5O4S. The SMILES string of the molecule is CCOc1cc(/C=N\NC(=O)c2ccc(-c3csc(Nc4ccc(Cl)cc4)n3)cc2)cc(I)c1OCC(=O)Nc1ccc(C)c(C)c1. The first-order valence-electron chi connectivity index (χ1n) is 14.6. The van der Waals surface area contributed by atoms with E-state index in [4.69, 9.17) is 21.1 Å². The smallest absolute Gasteiger partial charge is 0.271 e. The van der Waals surface area contributed by atoms with E-state index in [0.717, 1.165) is 36.8 Å². The maximum Gasteiger partial charge on any atom is 0.271 e. The quantitative estimate of drug-likeness (QED) is 0.0664. The molecule has 5 rings (SSSR count). The molecule has 2 amide bonds. The lowest BCUT2D eigenvalue weighted by Gasteiger charge is -2.15. The molecule has 5 aromatic rings. The van der Waals surface area contributed by atoms with E-state index in [9.17, 15) is 9.59 Å². The fraction of sp³-hybridized carbons (Fsp3) is 0.143. The molecule has 0 unspecified atom stereocenters. The van der Waals surface area contributed by atoms with Crippen LogP contribution in [0.5, 0.6) is 11.5 Å². The summed E-state index contributed by atoms with van der Waals surface area (Å²) in [4.78, 5) is 30.0. The first-order valence-corrected chi connectivity index (χ1v) is 16.9. The monoisotopic (exact) mass is 779 g/mol. The molecule has 0 aliphatic rings. The van der Waals surface area contributed by atoms with Crippen molar-refractivity contribution in [2.75, 3.05) is 23.8 Å². The number of hydrazone groups is 1. The summed E-state index contributed by atoms with van der Waals surface area (Å²) in [6, 6.07) is 23.9. The van der Waals surface area contributed by atoms with Crippen LogP contribution in [-0.2, 0) is 4.79 Å². The number of benzene rings is 4. The van der Waals surface area contributed by atoms with Gasteiger partial charge in [-0.2, -0.15) is 5.10 Å². The van der Waals surface area contributed by atoms with E-state index in [1.807, 2.05) is 86.8 Å². The fourth-order valence-electron chi connectivity index (χ4n) is 4.36. The van der Waals surface area contributed by atoms with Crippen LogP contribution in [-0.4, -0.2) is 36.2 Å². The second kappa shape index (κ2) is 15.9. The van der Waals surface area contributed by atoms with Gasteiger partial charge in [-0.1, -0.05) is 29.8 Å². The number of hydrogen-bond acceptors (Lipinski definition) is 8. The zero-order chi connectivity index (χ0) is 33.3. The molecule has 47 heavy (non-hydrogen) atoms. The summed E-state index contributed by atoms with van der Waals surface area (Å²) < 4.78 is 12.4. The van der Waals surface area contributed by atoms with Crippen LogP contribution in [0.2, 0.25) is 5.02 Å². The third-order valence-electron chi connectivity index (χ3n) is 6.89. The lowest BCUT2D eigenvalue weighted by Crippen LogP contribution is -2.21. The lowest BCUT2D eigenvalue weighted by molar-refractivity contribution is -0.118. The number of aryl methyl sites for hydroxylation is 2. The number of amides is 2. The van der Waals surface area contributed by atoms with Gasteiger partial charge < -0.3 is 20.1 Å². The second-order valence-corrected chi connectivity index (χ2v) is 12.8. The minimum absolute atomic E-state index is 0.185. The van der Waals surface area contributed by atoms with Crippen molar-refractivity contribution in [1.82, 2.24) is 10.4 Å². The van der Waals surface area contributed by atoms with Gasteiger partial charge in [-0.05, 0) is 121 Å². The summed E-state index contributed by atoms with van der Waals surface area (Å²) in [5.74, 6) is 0.285. The maximum absolute atomic E-state index is 12.8. The van der Waals surface area contributed by atoms with Gasteiger partial charge in [-0.15, -0.1) is 11.3 Å². The number of rotatable bonds is 12. The van der Waals surface area contributed by atoms with Gasteiger partial charge in [-0.25, -0.2) is 10.4 Å². The van der Waals surface area contributed by atoms with Crippen LogP contribution in [0.15, 0.2) is 89.3 Å². The Morgan fingerprint density at radius 2 is 1.70 bits per heavy atom. The summed E-state index contributed by atoms with van der Waals surface area (Å²) in [5.41, 5.74) is 9.23. The van der Waals surface area contributed by atoms with E-state index in [1.54, 1.807) is 18.2 Å². The molecule has 3 N–H and O–H groups in total. The van der Waals surface area contributed by atoms with E-state index >= 15 is 0 Å². The van der Waals surface area contributed by atoms with Gasteiger partial charge in [0.2, 0.25) is 0 Å². The maximum atomic E-state index is 12.8. The normalized spacial score (nSPS) is 10.9. The van der Waals surface area contributed by atoms with Crippen LogP contribution in [0.25, 0.3) is 11.3 Å². The Kier molecular flexibility index (Phi) is 11.5. The highest BCUT2D eigenvalue weighted by atomic mass is 127. The highest BCUT2D eigenvalue weighted by Crippen LogP contribution is 2.34. The van der Waals surface area contributed by atoms with Crippen molar-refractivity contribution < 1.29 is 19.1 Å². The Hall–Kier alpha value is -4.46. The molecule has 0 saturated carbocycles. The van der Waals surface area contributed by atoms with E-state index in [-0.39, 0.29) is 18.4 Å². The fourth-order valence-corrected chi connectivity index (χ4v) is 6.01. The van der Waals surface area contributed by atoms with E-state index in [1.165, 1.54) is 17.6 Å². The molecule has 0 fully saturated rings. The molecule has 240 valence electrons. The lowest BCUT2D eigenvalue weighted by atomic mass is 10.1. The number of nitrogens with zero attached hydrogens (tertiary/aromatic N) is 2. The molecule has 1 heterocycles. The van der Waals surface area contributed by atoms with Gasteiger partial charge >= 0.3 is 0 Å². The van der Waals surface area contributed by atoms with Crippen LogP contribution in [0.1, 0.15) is 34.0 Å². The third-order valence-corrected chi connectivity index (χ3v) is 8.70. The predicted octanol–water partition coefficient (Wildman–Crippen LogP) is 8.61. The van der Waals surface area contributed by atoms with E-state index < -0.39 is 0 Å². The number of halogens is 2.